The zero-order valence-corrected chi connectivity index (χ0v) is 16.2. The molecule has 0 aliphatic heterocycles. The van der Waals surface area contributed by atoms with Crippen LogP contribution in [0.25, 0.3) is 22.0 Å². The molecule has 28 heavy (non-hydrogen) atoms. The molecule has 7 heteroatoms. The van der Waals surface area contributed by atoms with Gasteiger partial charge in [-0.2, -0.15) is 0 Å². The Balaban J connectivity index is 1.79. The van der Waals surface area contributed by atoms with E-state index in [9.17, 15) is 13.6 Å². The normalized spacial score (nSPS) is 11.3. The van der Waals surface area contributed by atoms with Gasteiger partial charge < -0.3 is 0 Å². The van der Waals surface area contributed by atoms with E-state index < -0.39 is 11.6 Å². The van der Waals surface area contributed by atoms with Gasteiger partial charge in [-0.25, -0.2) is 8.78 Å². The molecular formula is C21H14Cl2F2N2O. The summed E-state index contributed by atoms with van der Waals surface area (Å²) in [4.78, 5) is 12.5. The summed E-state index contributed by atoms with van der Waals surface area (Å²) in [5.41, 5.74) is 3.41. The molecule has 1 aromatic heterocycles. The van der Waals surface area contributed by atoms with Crippen LogP contribution in [0, 0.1) is 18.6 Å². The first-order chi connectivity index (χ1) is 13.3. The maximum absolute atomic E-state index is 13.5. The lowest BCUT2D eigenvalue weighted by atomic mass is 9.99. The largest absolute Gasteiger partial charge is 0.280 e. The second-order valence-corrected chi connectivity index (χ2v) is 7.43. The zero-order chi connectivity index (χ0) is 20.0. The van der Waals surface area contributed by atoms with Crippen molar-refractivity contribution in [2.45, 2.75) is 13.5 Å². The molecule has 0 spiro atoms. The van der Waals surface area contributed by atoms with Crippen molar-refractivity contribution in [3.8, 4) is 11.1 Å². The topological polar surface area (TPSA) is 37.8 Å². The summed E-state index contributed by atoms with van der Waals surface area (Å²) in [5.74, 6) is -1.83. The number of benzene rings is 3. The van der Waals surface area contributed by atoms with Gasteiger partial charge in [0.1, 0.15) is 0 Å². The molecule has 1 N–H and O–H groups in total. The predicted molar refractivity (Wildman–Crippen MR) is 108 cm³/mol. The summed E-state index contributed by atoms with van der Waals surface area (Å²) in [6, 6.07) is 12.6. The minimum absolute atomic E-state index is 0.204. The van der Waals surface area contributed by atoms with E-state index in [1.54, 1.807) is 22.9 Å². The van der Waals surface area contributed by atoms with Crippen LogP contribution in [0.15, 0.2) is 53.3 Å². The number of H-pyrrole nitrogens is 1. The Morgan fingerprint density at radius 2 is 1.79 bits per heavy atom. The molecule has 0 amide bonds. The third-order valence-electron chi connectivity index (χ3n) is 4.63. The van der Waals surface area contributed by atoms with Gasteiger partial charge in [0.2, 0.25) is 0 Å². The number of halogens is 4. The molecule has 0 aliphatic carbocycles. The lowest BCUT2D eigenvalue weighted by Gasteiger charge is -2.10. The summed E-state index contributed by atoms with van der Waals surface area (Å²) in [6.07, 6.45) is 0. The van der Waals surface area contributed by atoms with Crippen molar-refractivity contribution < 1.29 is 8.78 Å². The van der Waals surface area contributed by atoms with Crippen molar-refractivity contribution in [2.24, 2.45) is 0 Å². The lowest BCUT2D eigenvalue weighted by molar-refractivity contribution is 0.506. The van der Waals surface area contributed by atoms with E-state index in [0.717, 1.165) is 28.8 Å². The third kappa shape index (κ3) is 3.32. The van der Waals surface area contributed by atoms with Crippen LogP contribution in [0.3, 0.4) is 0 Å². The second-order valence-electron chi connectivity index (χ2n) is 6.59. The molecule has 3 aromatic carbocycles. The molecule has 0 bridgehead atoms. The Labute approximate surface area is 169 Å². The molecule has 0 aliphatic rings. The van der Waals surface area contributed by atoms with Gasteiger partial charge >= 0.3 is 0 Å². The molecule has 142 valence electrons. The molecule has 1 heterocycles. The number of fused-ring (bicyclic) bond motifs is 1. The number of nitrogens with zero attached hydrogens (tertiary/aromatic N) is 1. The van der Waals surface area contributed by atoms with Crippen LogP contribution in [0.5, 0.6) is 0 Å². The first-order valence-corrected chi connectivity index (χ1v) is 9.21. The SMILES string of the molecule is Cc1cc(Cl)cc(Cl)c1-c1ccc2c(c1)c(=O)[nH]n2Cc1ccc(F)c(F)c1. The van der Waals surface area contributed by atoms with Gasteiger partial charge in [0.05, 0.1) is 22.5 Å². The van der Waals surface area contributed by atoms with E-state index in [-0.39, 0.29) is 12.1 Å². The Bertz CT molecular complexity index is 1250. The van der Waals surface area contributed by atoms with Crippen LogP contribution < -0.4 is 5.56 Å². The highest BCUT2D eigenvalue weighted by atomic mass is 35.5. The molecule has 0 fully saturated rings. The Morgan fingerprint density at radius 1 is 1.00 bits per heavy atom. The van der Waals surface area contributed by atoms with Crippen LogP contribution in [0.4, 0.5) is 8.78 Å². The molecule has 0 radical (unpaired) electrons. The molecular weight excluding hydrogens is 405 g/mol. The maximum Gasteiger partial charge on any atom is 0.272 e. The van der Waals surface area contributed by atoms with Gasteiger partial charge in [-0.05, 0) is 60.0 Å². The second kappa shape index (κ2) is 7.08. The molecule has 0 unspecified atom stereocenters. The number of nitrogens with one attached hydrogen (secondary N) is 1. The van der Waals surface area contributed by atoms with Crippen molar-refractivity contribution in [2.75, 3.05) is 0 Å². The van der Waals surface area contributed by atoms with Gasteiger partial charge in [0.15, 0.2) is 11.6 Å². The number of hydrogen-bond donors (Lipinski definition) is 1. The standard InChI is InChI=1S/C21H14Cl2F2N2O/c1-11-6-14(22)9-16(23)20(11)13-3-5-19-15(8-13)21(28)26-27(19)10-12-2-4-17(24)18(25)7-12/h2-9H,10H2,1H3,(H,26,28). The number of rotatable bonds is 3. The highest BCUT2D eigenvalue weighted by Gasteiger charge is 2.13. The number of aryl methyl sites for hydroxylation is 1. The van der Waals surface area contributed by atoms with Crippen molar-refractivity contribution >= 4 is 34.1 Å². The maximum atomic E-state index is 13.5. The van der Waals surface area contributed by atoms with E-state index in [1.165, 1.54) is 6.07 Å². The summed E-state index contributed by atoms with van der Waals surface area (Å²) >= 11 is 12.4. The molecule has 0 saturated heterocycles. The van der Waals surface area contributed by atoms with Crippen molar-refractivity contribution in [3.63, 3.8) is 0 Å². The Morgan fingerprint density at radius 3 is 2.50 bits per heavy atom. The van der Waals surface area contributed by atoms with Crippen LogP contribution in [-0.4, -0.2) is 9.78 Å². The average Bonchev–Trinajstić information content (AvgIpc) is 2.93. The highest BCUT2D eigenvalue weighted by Crippen LogP contribution is 2.34. The Hall–Kier alpha value is -2.63. The fraction of sp³-hybridized carbons (Fsp3) is 0.0952. The first kappa shape index (κ1) is 18.7. The third-order valence-corrected chi connectivity index (χ3v) is 5.15. The lowest BCUT2D eigenvalue weighted by Crippen LogP contribution is -2.07. The zero-order valence-electron chi connectivity index (χ0n) is 14.7. The molecule has 0 saturated carbocycles. The van der Waals surface area contributed by atoms with E-state index in [0.29, 0.717) is 26.5 Å². The molecule has 4 aromatic rings. The van der Waals surface area contributed by atoms with Crippen molar-refractivity contribution in [1.29, 1.82) is 0 Å². The quantitative estimate of drug-likeness (QED) is 0.439. The number of aromatic amines is 1. The average molecular weight is 419 g/mol. The van der Waals surface area contributed by atoms with Gasteiger partial charge in [-0.15, -0.1) is 0 Å². The van der Waals surface area contributed by atoms with Crippen molar-refractivity contribution in [1.82, 2.24) is 9.78 Å². The van der Waals surface area contributed by atoms with Crippen LogP contribution >= 0.6 is 23.2 Å². The van der Waals surface area contributed by atoms with Gasteiger partial charge in [-0.1, -0.05) is 35.3 Å². The highest BCUT2D eigenvalue weighted by molar-refractivity contribution is 6.36. The van der Waals surface area contributed by atoms with E-state index in [2.05, 4.69) is 5.10 Å². The minimum Gasteiger partial charge on any atom is -0.280 e. The van der Waals surface area contributed by atoms with Crippen LogP contribution in [-0.2, 0) is 6.54 Å². The van der Waals surface area contributed by atoms with Gasteiger partial charge in [-0.3, -0.25) is 14.6 Å². The summed E-state index contributed by atoms with van der Waals surface area (Å²) < 4.78 is 28.2. The van der Waals surface area contributed by atoms with E-state index in [1.807, 2.05) is 19.1 Å². The van der Waals surface area contributed by atoms with E-state index >= 15 is 0 Å². The smallest absolute Gasteiger partial charge is 0.272 e. The summed E-state index contributed by atoms with van der Waals surface area (Å²) in [7, 11) is 0. The number of hydrogen-bond acceptors (Lipinski definition) is 1. The monoisotopic (exact) mass is 418 g/mol. The molecule has 3 nitrogen and oxygen atoms in total. The molecule has 4 rings (SSSR count). The fourth-order valence-electron chi connectivity index (χ4n) is 3.36. The first-order valence-electron chi connectivity index (χ1n) is 8.46. The van der Waals surface area contributed by atoms with Crippen molar-refractivity contribution in [3.05, 3.63) is 91.7 Å². The predicted octanol–water partition coefficient (Wildman–Crippen LogP) is 5.94. The van der Waals surface area contributed by atoms with E-state index in [4.69, 9.17) is 23.2 Å². The minimum atomic E-state index is -0.925. The Kier molecular flexibility index (Phi) is 4.73. The van der Waals surface area contributed by atoms with Crippen LogP contribution in [0.1, 0.15) is 11.1 Å². The fourth-order valence-corrected chi connectivity index (χ4v) is 4.07. The number of aromatic nitrogens is 2. The van der Waals surface area contributed by atoms with Crippen LogP contribution in [0.2, 0.25) is 10.0 Å². The molecule has 0 atom stereocenters. The summed E-state index contributed by atoms with van der Waals surface area (Å²) in [6.45, 7) is 2.10. The van der Waals surface area contributed by atoms with Gasteiger partial charge in [0, 0.05) is 10.6 Å². The summed E-state index contributed by atoms with van der Waals surface area (Å²) in [5, 5.41) is 4.27. The van der Waals surface area contributed by atoms with Gasteiger partial charge in [0.25, 0.3) is 5.56 Å².